The van der Waals surface area contributed by atoms with Crippen LogP contribution in [0.1, 0.15) is 12.5 Å². The van der Waals surface area contributed by atoms with Crippen LogP contribution in [0.2, 0.25) is 5.02 Å². The summed E-state index contributed by atoms with van der Waals surface area (Å²) in [6.45, 7) is 3.49. The molecule has 1 aromatic rings. The summed E-state index contributed by atoms with van der Waals surface area (Å²) in [5.41, 5.74) is 1.21. The van der Waals surface area contributed by atoms with Crippen LogP contribution in [0.15, 0.2) is 18.2 Å². The zero-order valence-electron chi connectivity index (χ0n) is 8.79. The molecule has 0 saturated heterocycles. The smallest absolute Gasteiger partial charge is 0.137 e. The van der Waals surface area contributed by atoms with Gasteiger partial charge in [0.2, 0.25) is 0 Å². The van der Waals surface area contributed by atoms with Gasteiger partial charge < -0.3 is 10.1 Å². The molecule has 0 heterocycles. The van der Waals surface area contributed by atoms with Gasteiger partial charge in [0.15, 0.2) is 0 Å². The highest BCUT2D eigenvalue weighted by Crippen LogP contribution is 2.25. The topological polar surface area (TPSA) is 21.3 Å². The maximum atomic E-state index is 6.06. The van der Waals surface area contributed by atoms with E-state index in [-0.39, 0.29) is 0 Å². The summed E-state index contributed by atoms with van der Waals surface area (Å²) in [4.78, 5) is 0. The van der Waals surface area contributed by atoms with Crippen molar-refractivity contribution in [2.24, 2.45) is 0 Å². The molecule has 0 bridgehead atoms. The van der Waals surface area contributed by atoms with E-state index in [1.165, 1.54) is 5.56 Å². The first-order chi connectivity index (χ1) is 7.27. The van der Waals surface area contributed by atoms with Crippen molar-refractivity contribution in [1.82, 2.24) is 5.32 Å². The summed E-state index contributed by atoms with van der Waals surface area (Å²) in [7, 11) is 0. The lowest BCUT2D eigenvalue weighted by molar-refractivity contribution is 0.340. The molecule has 0 amide bonds. The second kappa shape index (κ2) is 6.99. The Morgan fingerprint density at radius 3 is 2.87 bits per heavy atom. The van der Waals surface area contributed by atoms with Crippen LogP contribution in [0.4, 0.5) is 0 Å². The van der Waals surface area contributed by atoms with Crippen molar-refractivity contribution in [2.75, 3.05) is 19.0 Å². The number of hydrogen-bond acceptors (Lipinski definition) is 3. The van der Waals surface area contributed by atoms with Gasteiger partial charge >= 0.3 is 0 Å². The Labute approximate surface area is 101 Å². The van der Waals surface area contributed by atoms with Gasteiger partial charge in [-0.2, -0.15) is 12.6 Å². The van der Waals surface area contributed by atoms with Gasteiger partial charge in [0.05, 0.1) is 11.6 Å². The van der Waals surface area contributed by atoms with Gasteiger partial charge in [-0.15, -0.1) is 0 Å². The molecule has 84 valence electrons. The molecule has 0 spiro atoms. The number of ether oxygens (including phenoxy) is 1. The molecule has 1 rings (SSSR count). The van der Waals surface area contributed by atoms with Gasteiger partial charge in [0.25, 0.3) is 0 Å². The molecule has 1 aromatic carbocycles. The molecule has 0 aliphatic carbocycles. The van der Waals surface area contributed by atoms with E-state index in [1.54, 1.807) is 0 Å². The fraction of sp³-hybridized carbons (Fsp3) is 0.455. The summed E-state index contributed by atoms with van der Waals surface area (Å²) in [6, 6.07) is 5.91. The number of halogens is 1. The molecule has 0 saturated carbocycles. The van der Waals surface area contributed by atoms with E-state index < -0.39 is 0 Å². The van der Waals surface area contributed by atoms with Gasteiger partial charge in [-0.1, -0.05) is 17.7 Å². The van der Waals surface area contributed by atoms with Gasteiger partial charge in [-0.3, -0.25) is 0 Å². The van der Waals surface area contributed by atoms with Crippen LogP contribution in [0.25, 0.3) is 0 Å². The molecule has 0 radical (unpaired) electrons. The highest BCUT2D eigenvalue weighted by Gasteiger charge is 2.01. The van der Waals surface area contributed by atoms with Crippen molar-refractivity contribution in [2.45, 2.75) is 13.3 Å². The van der Waals surface area contributed by atoms with E-state index in [0.717, 1.165) is 18.7 Å². The predicted molar refractivity (Wildman–Crippen MR) is 68.2 cm³/mol. The molecule has 0 aliphatic heterocycles. The fourth-order valence-corrected chi connectivity index (χ4v) is 1.70. The maximum absolute atomic E-state index is 6.06. The Kier molecular flexibility index (Phi) is 5.91. The third-order valence-electron chi connectivity index (χ3n) is 2.00. The van der Waals surface area contributed by atoms with E-state index >= 15 is 0 Å². The van der Waals surface area contributed by atoms with Crippen molar-refractivity contribution in [3.8, 4) is 5.75 Å². The Morgan fingerprint density at radius 1 is 1.47 bits per heavy atom. The highest BCUT2D eigenvalue weighted by atomic mass is 35.5. The molecule has 2 nitrogen and oxygen atoms in total. The Morgan fingerprint density at radius 2 is 2.27 bits per heavy atom. The van der Waals surface area contributed by atoms with Crippen molar-refractivity contribution < 1.29 is 4.74 Å². The largest absolute Gasteiger partial charge is 0.492 e. The minimum absolute atomic E-state index is 0.639. The zero-order valence-corrected chi connectivity index (χ0v) is 10.4. The molecule has 15 heavy (non-hydrogen) atoms. The second-order valence-electron chi connectivity index (χ2n) is 3.11. The molecule has 0 atom stereocenters. The first-order valence-electron chi connectivity index (χ1n) is 5.00. The lowest BCUT2D eigenvalue weighted by Crippen LogP contribution is -2.14. The number of rotatable bonds is 6. The lowest BCUT2D eigenvalue weighted by Gasteiger charge is -2.07. The van der Waals surface area contributed by atoms with E-state index in [1.807, 2.05) is 25.1 Å². The Hall–Kier alpha value is -0.380. The third kappa shape index (κ3) is 4.33. The average Bonchev–Trinajstić information content (AvgIpc) is 2.23. The van der Waals surface area contributed by atoms with Gasteiger partial charge in [-0.05, 0) is 37.6 Å². The number of hydrogen-bond donors (Lipinski definition) is 2. The average molecular weight is 246 g/mol. The van der Waals surface area contributed by atoms with Crippen LogP contribution in [0, 0.1) is 0 Å². The highest BCUT2D eigenvalue weighted by molar-refractivity contribution is 7.80. The van der Waals surface area contributed by atoms with Crippen molar-refractivity contribution in [3.63, 3.8) is 0 Å². The van der Waals surface area contributed by atoms with Crippen LogP contribution >= 0.6 is 24.2 Å². The minimum atomic E-state index is 0.639. The quantitative estimate of drug-likeness (QED) is 0.457. The van der Waals surface area contributed by atoms with Gasteiger partial charge in [0.1, 0.15) is 5.75 Å². The van der Waals surface area contributed by atoms with Gasteiger partial charge in [-0.25, -0.2) is 0 Å². The predicted octanol–water partition coefficient (Wildman–Crippen LogP) is 2.76. The summed E-state index contributed by atoms with van der Waals surface area (Å²) >= 11 is 10.1. The number of thiol groups is 1. The summed E-state index contributed by atoms with van der Waals surface area (Å²) in [5, 5.41) is 3.83. The summed E-state index contributed by atoms with van der Waals surface area (Å²) in [6.07, 6.45) is 0.951. The van der Waals surface area contributed by atoms with Crippen molar-refractivity contribution in [3.05, 3.63) is 28.8 Å². The number of benzene rings is 1. The van der Waals surface area contributed by atoms with Crippen LogP contribution < -0.4 is 10.1 Å². The van der Waals surface area contributed by atoms with Crippen LogP contribution in [-0.2, 0) is 6.42 Å². The van der Waals surface area contributed by atoms with E-state index in [2.05, 4.69) is 17.9 Å². The minimum Gasteiger partial charge on any atom is -0.492 e. The molecule has 0 fully saturated rings. The monoisotopic (exact) mass is 245 g/mol. The summed E-state index contributed by atoms with van der Waals surface area (Å²) in [5.74, 6) is 1.45. The van der Waals surface area contributed by atoms with Crippen molar-refractivity contribution >= 4 is 24.2 Å². The van der Waals surface area contributed by atoms with Crippen LogP contribution in [0.3, 0.4) is 0 Å². The van der Waals surface area contributed by atoms with Crippen LogP contribution in [-0.4, -0.2) is 19.0 Å². The molecule has 4 heteroatoms. The molecular weight excluding hydrogens is 230 g/mol. The number of nitrogens with one attached hydrogen (secondary N) is 1. The molecule has 0 aliphatic rings. The molecule has 0 aromatic heterocycles. The lowest BCUT2D eigenvalue weighted by atomic mass is 10.1. The zero-order chi connectivity index (χ0) is 11.1. The van der Waals surface area contributed by atoms with Crippen LogP contribution in [0.5, 0.6) is 5.75 Å². The van der Waals surface area contributed by atoms with E-state index in [9.17, 15) is 0 Å². The molecular formula is C11H16ClNOS. The summed E-state index contributed by atoms with van der Waals surface area (Å²) < 4.78 is 5.36. The maximum Gasteiger partial charge on any atom is 0.137 e. The molecule has 0 unspecified atom stereocenters. The SMILES string of the molecule is CCOc1ccc(CCNCS)cc1Cl. The third-order valence-corrected chi connectivity index (χ3v) is 2.52. The first kappa shape index (κ1) is 12.7. The molecule has 1 N–H and O–H groups in total. The standard InChI is InChI=1S/C11H16ClNOS/c1-2-14-11-4-3-9(7-10(11)12)5-6-13-8-15/h3-4,7,13,15H,2,5-6,8H2,1H3. The Bertz CT molecular complexity index is 307. The van der Waals surface area contributed by atoms with Gasteiger partial charge in [0, 0.05) is 5.88 Å². The fourth-order valence-electron chi connectivity index (χ4n) is 1.28. The van der Waals surface area contributed by atoms with Crippen molar-refractivity contribution in [1.29, 1.82) is 0 Å². The normalized spacial score (nSPS) is 10.3. The Balaban J connectivity index is 2.56. The first-order valence-corrected chi connectivity index (χ1v) is 6.01. The van der Waals surface area contributed by atoms with E-state index in [4.69, 9.17) is 16.3 Å². The van der Waals surface area contributed by atoms with E-state index in [0.29, 0.717) is 17.5 Å². The second-order valence-corrected chi connectivity index (χ2v) is 3.83.